The highest BCUT2D eigenvalue weighted by atomic mass is 19.4. The highest BCUT2D eigenvalue weighted by Crippen LogP contribution is 2.41. The first-order chi connectivity index (χ1) is 29.7. The van der Waals surface area contributed by atoms with E-state index >= 15 is 0 Å². The van der Waals surface area contributed by atoms with Crippen molar-refractivity contribution in [3.63, 3.8) is 0 Å². The molecule has 0 fully saturated rings. The molecule has 0 bridgehead atoms. The molecule has 6 rings (SSSR count). The number of hydrogen-bond acceptors (Lipinski definition) is 2. The largest absolute Gasteiger partial charge is 0.417 e. The summed E-state index contributed by atoms with van der Waals surface area (Å²) in [5.41, 5.74) is -1.94. The van der Waals surface area contributed by atoms with Gasteiger partial charge in [0.2, 0.25) is 0 Å². The van der Waals surface area contributed by atoms with Gasteiger partial charge in [0.25, 0.3) is 0 Å². The van der Waals surface area contributed by atoms with Crippen LogP contribution in [0.25, 0.3) is 22.3 Å². The summed E-state index contributed by atoms with van der Waals surface area (Å²) in [5.74, 6) is -2.81. The fraction of sp³-hybridized carbons (Fsp3) is 0.217. The van der Waals surface area contributed by atoms with E-state index in [1.165, 1.54) is 61.5 Å². The fourth-order valence-electron chi connectivity index (χ4n) is 5.65. The Kier molecular flexibility index (Phi) is 17.9. The van der Waals surface area contributed by atoms with Crippen LogP contribution in [0.15, 0.2) is 121 Å². The zero-order valence-corrected chi connectivity index (χ0v) is 34.0. The molecule has 0 radical (unpaired) electrons. The van der Waals surface area contributed by atoms with Crippen LogP contribution in [0.5, 0.6) is 0 Å². The van der Waals surface area contributed by atoms with Gasteiger partial charge in [-0.2, -0.15) is 52.7 Å². The predicted octanol–water partition coefficient (Wildman–Crippen LogP) is 16.4. The first-order valence-electron chi connectivity index (χ1n) is 18.8. The van der Waals surface area contributed by atoms with E-state index in [2.05, 4.69) is 10.6 Å². The SMILES string of the molecule is CC.CC(F)(F)F.Cc1ccc(-c2ccc(NCc3c(F)cccc3F)cc2)cc1C(F)(F)F.Fc1cccc(F)c1CNc1ccc(-c2cc(C(F)(F)F)ccc2C(F)(F)F)cc1. The van der Waals surface area contributed by atoms with E-state index in [9.17, 15) is 70.2 Å². The summed E-state index contributed by atoms with van der Waals surface area (Å²) in [6.45, 7) is 5.34. The molecule has 0 aliphatic heterocycles. The molecule has 0 spiro atoms. The van der Waals surface area contributed by atoms with Gasteiger partial charge in [-0.1, -0.05) is 62.4 Å². The Morgan fingerprint density at radius 2 is 0.797 bits per heavy atom. The number of hydrogen-bond donors (Lipinski definition) is 2. The Hall–Kier alpha value is -6.20. The quantitative estimate of drug-likeness (QED) is 0.149. The van der Waals surface area contributed by atoms with Crippen LogP contribution in [0.2, 0.25) is 0 Å². The number of aryl methyl sites for hydroxylation is 1. The predicted molar refractivity (Wildman–Crippen MR) is 214 cm³/mol. The average molecular weight is 923 g/mol. The molecule has 0 saturated heterocycles. The lowest BCUT2D eigenvalue weighted by Gasteiger charge is -2.16. The molecule has 6 aromatic rings. The Bertz CT molecular complexity index is 2370. The van der Waals surface area contributed by atoms with E-state index in [-0.39, 0.29) is 42.3 Å². The van der Waals surface area contributed by atoms with E-state index in [0.717, 1.165) is 18.2 Å². The van der Waals surface area contributed by atoms with Crippen molar-refractivity contribution in [3.8, 4) is 22.3 Å². The number of anilines is 2. The number of rotatable bonds is 8. The van der Waals surface area contributed by atoms with E-state index in [1.54, 1.807) is 30.3 Å². The molecule has 2 N–H and O–H groups in total. The molecule has 0 amide bonds. The summed E-state index contributed by atoms with van der Waals surface area (Å²) in [5, 5.41) is 5.63. The van der Waals surface area contributed by atoms with Gasteiger partial charge < -0.3 is 10.6 Å². The molecule has 0 saturated carbocycles. The maximum atomic E-state index is 13.7. The highest BCUT2D eigenvalue weighted by Gasteiger charge is 2.37. The number of nitrogens with one attached hydrogen (secondary N) is 2. The van der Waals surface area contributed by atoms with E-state index in [4.69, 9.17) is 0 Å². The van der Waals surface area contributed by atoms with Gasteiger partial charge in [-0.15, -0.1) is 0 Å². The van der Waals surface area contributed by atoms with E-state index in [0.29, 0.717) is 40.7 Å². The Labute approximate surface area is 357 Å². The summed E-state index contributed by atoms with van der Waals surface area (Å²) in [7, 11) is 0. The monoisotopic (exact) mass is 922 g/mol. The molecule has 6 aromatic carbocycles. The van der Waals surface area contributed by atoms with Crippen molar-refractivity contribution in [2.24, 2.45) is 0 Å². The molecule has 0 aliphatic carbocycles. The third-order valence-corrected chi connectivity index (χ3v) is 8.67. The van der Waals surface area contributed by atoms with Crippen LogP contribution < -0.4 is 10.6 Å². The van der Waals surface area contributed by atoms with Crippen molar-refractivity contribution in [1.29, 1.82) is 0 Å². The second-order valence-electron chi connectivity index (χ2n) is 13.3. The van der Waals surface area contributed by atoms with Crippen LogP contribution >= 0.6 is 0 Å². The van der Waals surface area contributed by atoms with E-state index in [1.807, 2.05) is 13.8 Å². The average Bonchev–Trinajstić information content (AvgIpc) is 3.20. The molecule has 0 unspecified atom stereocenters. The molecule has 344 valence electrons. The minimum atomic E-state index is -4.85. The van der Waals surface area contributed by atoms with Crippen LogP contribution in [-0.2, 0) is 31.6 Å². The Balaban J connectivity index is 0.000000298. The maximum Gasteiger partial charge on any atom is 0.417 e. The molecule has 18 heteroatoms. The number of benzene rings is 6. The second kappa shape index (κ2) is 21.9. The fourth-order valence-corrected chi connectivity index (χ4v) is 5.65. The Morgan fingerprint density at radius 1 is 0.422 bits per heavy atom. The standard InChI is InChI=1S/C21H13F8N.C21H16F5N.C2H3F3.C2H6/c22-18-2-1-3-19(23)16(18)11-30-14-7-4-12(5-8-14)15-10-13(20(24,25)26)6-9-17(15)21(27,28)29;1-13-5-6-15(11-18(13)21(24,25)26)14-7-9-16(10-8-14)27-12-17-19(22)3-2-4-20(17)23;1-2(3,4)5;1-2/h1-10,30H,11H2;2-11,27H,12H2,1H3;1H3;1-2H3. The van der Waals surface area contributed by atoms with Crippen LogP contribution in [0.3, 0.4) is 0 Å². The van der Waals surface area contributed by atoms with Gasteiger partial charge in [0, 0.05) is 42.5 Å². The van der Waals surface area contributed by atoms with Crippen LogP contribution in [0.1, 0.15) is 54.2 Å². The highest BCUT2D eigenvalue weighted by molar-refractivity contribution is 5.71. The summed E-state index contributed by atoms with van der Waals surface area (Å²) < 4.78 is 203. The van der Waals surface area contributed by atoms with Gasteiger partial charge in [0.05, 0.1) is 16.7 Å². The van der Waals surface area contributed by atoms with Crippen LogP contribution in [0, 0.1) is 30.2 Å². The summed E-state index contributed by atoms with van der Waals surface area (Å²) in [6.07, 6.45) is -18.1. The van der Waals surface area contributed by atoms with Gasteiger partial charge in [-0.05, 0) is 108 Å². The van der Waals surface area contributed by atoms with Crippen molar-refractivity contribution in [2.45, 2.75) is 65.5 Å². The summed E-state index contributed by atoms with van der Waals surface area (Å²) in [4.78, 5) is 0. The normalized spacial score (nSPS) is 11.6. The Morgan fingerprint density at radius 3 is 1.17 bits per heavy atom. The molecular formula is C46H38F16N2. The molecular weight excluding hydrogens is 884 g/mol. The lowest BCUT2D eigenvalue weighted by molar-refractivity contribution is -0.141. The summed E-state index contributed by atoms with van der Waals surface area (Å²) >= 11 is 0. The van der Waals surface area contributed by atoms with Crippen molar-refractivity contribution >= 4 is 11.4 Å². The topological polar surface area (TPSA) is 24.1 Å². The molecule has 0 heterocycles. The lowest BCUT2D eigenvalue weighted by atomic mass is 9.96. The third kappa shape index (κ3) is 15.6. The molecule has 64 heavy (non-hydrogen) atoms. The van der Waals surface area contributed by atoms with Crippen LogP contribution in [0.4, 0.5) is 81.6 Å². The first-order valence-corrected chi connectivity index (χ1v) is 18.8. The van der Waals surface area contributed by atoms with Gasteiger partial charge in [-0.3, -0.25) is 0 Å². The van der Waals surface area contributed by atoms with Crippen molar-refractivity contribution in [3.05, 3.63) is 178 Å². The van der Waals surface area contributed by atoms with E-state index < -0.39 is 70.2 Å². The number of alkyl halides is 12. The number of halogens is 16. The van der Waals surface area contributed by atoms with Gasteiger partial charge in [0.1, 0.15) is 23.3 Å². The molecule has 2 nitrogen and oxygen atoms in total. The smallest absolute Gasteiger partial charge is 0.381 e. The maximum absolute atomic E-state index is 13.7. The van der Waals surface area contributed by atoms with Crippen molar-refractivity contribution < 1.29 is 70.2 Å². The molecule has 0 aromatic heterocycles. The summed E-state index contributed by atoms with van der Waals surface area (Å²) in [6, 6.07) is 24.1. The van der Waals surface area contributed by atoms with Crippen LogP contribution in [-0.4, -0.2) is 6.18 Å². The van der Waals surface area contributed by atoms with Gasteiger partial charge in [-0.25, -0.2) is 17.6 Å². The minimum Gasteiger partial charge on any atom is -0.381 e. The first kappa shape index (κ1) is 52.1. The molecule has 0 aliphatic rings. The zero-order chi connectivity index (χ0) is 48.2. The van der Waals surface area contributed by atoms with Gasteiger partial charge in [0.15, 0.2) is 0 Å². The molecule has 0 atom stereocenters. The van der Waals surface area contributed by atoms with Crippen molar-refractivity contribution in [2.75, 3.05) is 10.6 Å². The minimum absolute atomic E-state index is 0.0411. The third-order valence-electron chi connectivity index (χ3n) is 8.67. The van der Waals surface area contributed by atoms with Gasteiger partial charge >= 0.3 is 24.7 Å². The van der Waals surface area contributed by atoms with Crippen molar-refractivity contribution in [1.82, 2.24) is 0 Å². The zero-order valence-electron chi connectivity index (χ0n) is 34.0. The second-order valence-corrected chi connectivity index (χ2v) is 13.3. The lowest BCUT2D eigenvalue weighted by Crippen LogP contribution is -2.11.